The highest BCUT2D eigenvalue weighted by atomic mass is 32.1. The third-order valence-corrected chi connectivity index (χ3v) is 3.92. The van der Waals surface area contributed by atoms with Crippen LogP contribution in [0.3, 0.4) is 0 Å². The Kier molecular flexibility index (Phi) is 9.36. The van der Waals surface area contributed by atoms with Crippen molar-refractivity contribution < 1.29 is 9.53 Å². The molecule has 23 heavy (non-hydrogen) atoms. The van der Waals surface area contributed by atoms with Gasteiger partial charge in [-0.25, -0.2) is 0 Å². The molecular formula is C17H29N3O2S. The van der Waals surface area contributed by atoms with Gasteiger partial charge in [0.25, 0.3) is 0 Å². The van der Waals surface area contributed by atoms with Crippen LogP contribution < -0.4 is 10.6 Å². The van der Waals surface area contributed by atoms with Crippen molar-refractivity contribution in [2.45, 2.75) is 46.6 Å². The van der Waals surface area contributed by atoms with E-state index in [1.165, 1.54) is 4.88 Å². The van der Waals surface area contributed by atoms with Crippen LogP contribution in [-0.2, 0) is 16.0 Å². The second-order valence-electron chi connectivity index (χ2n) is 5.82. The van der Waals surface area contributed by atoms with E-state index in [1.54, 1.807) is 11.3 Å². The van der Waals surface area contributed by atoms with Gasteiger partial charge in [-0.15, -0.1) is 11.3 Å². The van der Waals surface area contributed by atoms with E-state index in [4.69, 9.17) is 4.74 Å². The van der Waals surface area contributed by atoms with Gasteiger partial charge in [-0.3, -0.25) is 9.79 Å². The smallest absolute Gasteiger partial charge is 0.307 e. The zero-order valence-corrected chi connectivity index (χ0v) is 15.4. The summed E-state index contributed by atoms with van der Waals surface area (Å²) in [6.45, 7) is 10.0. The van der Waals surface area contributed by atoms with Gasteiger partial charge in [0.2, 0.25) is 0 Å². The van der Waals surface area contributed by atoms with Gasteiger partial charge in [-0.1, -0.05) is 13.0 Å². The fourth-order valence-corrected chi connectivity index (χ4v) is 2.90. The van der Waals surface area contributed by atoms with E-state index in [2.05, 4.69) is 40.1 Å². The van der Waals surface area contributed by atoms with E-state index in [-0.39, 0.29) is 12.1 Å². The van der Waals surface area contributed by atoms with Crippen molar-refractivity contribution in [1.29, 1.82) is 0 Å². The van der Waals surface area contributed by atoms with Crippen LogP contribution in [0.25, 0.3) is 0 Å². The predicted molar refractivity (Wildman–Crippen MR) is 97.0 cm³/mol. The molecule has 0 aromatic carbocycles. The lowest BCUT2D eigenvalue weighted by Gasteiger charge is -2.13. The summed E-state index contributed by atoms with van der Waals surface area (Å²) in [6, 6.07) is 4.24. The van der Waals surface area contributed by atoms with Crippen LogP contribution in [0.5, 0.6) is 0 Å². The molecule has 0 saturated carbocycles. The molecule has 6 heteroatoms. The zero-order valence-electron chi connectivity index (χ0n) is 14.6. The SMILES string of the molecule is CCNC(=NCC(C)Cc1cccs1)NCCC(=O)OC(C)C. The Labute approximate surface area is 143 Å². The molecule has 0 aliphatic rings. The largest absolute Gasteiger partial charge is 0.463 e. The molecule has 1 rings (SSSR count). The number of carbonyl (C=O) groups is 1. The van der Waals surface area contributed by atoms with Gasteiger partial charge < -0.3 is 15.4 Å². The van der Waals surface area contributed by atoms with Crippen LogP contribution in [0.2, 0.25) is 0 Å². The first-order valence-electron chi connectivity index (χ1n) is 8.25. The summed E-state index contributed by atoms with van der Waals surface area (Å²) in [5, 5.41) is 8.48. The van der Waals surface area contributed by atoms with Gasteiger partial charge in [0, 0.05) is 24.5 Å². The third kappa shape index (κ3) is 9.23. The maximum atomic E-state index is 11.5. The van der Waals surface area contributed by atoms with E-state index in [0.717, 1.165) is 25.5 Å². The molecule has 0 fully saturated rings. The maximum Gasteiger partial charge on any atom is 0.307 e. The molecule has 1 unspecified atom stereocenters. The molecule has 0 amide bonds. The highest BCUT2D eigenvalue weighted by Gasteiger charge is 2.07. The number of hydrogen-bond acceptors (Lipinski definition) is 4. The quantitative estimate of drug-likeness (QED) is 0.412. The van der Waals surface area contributed by atoms with Crippen molar-refractivity contribution >= 4 is 23.3 Å². The average Bonchev–Trinajstić information content (AvgIpc) is 2.96. The van der Waals surface area contributed by atoms with Crippen molar-refractivity contribution in [3.05, 3.63) is 22.4 Å². The highest BCUT2D eigenvalue weighted by Crippen LogP contribution is 2.14. The van der Waals surface area contributed by atoms with Crippen molar-refractivity contribution in [3.8, 4) is 0 Å². The van der Waals surface area contributed by atoms with Gasteiger partial charge in [0.05, 0.1) is 12.5 Å². The molecule has 5 nitrogen and oxygen atoms in total. The number of carbonyl (C=O) groups excluding carboxylic acids is 1. The highest BCUT2D eigenvalue weighted by molar-refractivity contribution is 7.09. The standard InChI is InChI=1S/C17H29N3O2S/c1-5-18-17(19-9-8-16(21)22-13(2)3)20-12-14(4)11-15-7-6-10-23-15/h6-7,10,13-14H,5,8-9,11-12H2,1-4H3,(H2,18,19,20). The molecular weight excluding hydrogens is 310 g/mol. The number of nitrogens with zero attached hydrogens (tertiary/aromatic N) is 1. The summed E-state index contributed by atoms with van der Waals surface area (Å²) < 4.78 is 5.11. The van der Waals surface area contributed by atoms with Gasteiger partial charge >= 0.3 is 5.97 Å². The van der Waals surface area contributed by atoms with Crippen LogP contribution in [0.15, 0.2) is 22.5 Å². The van der Waals surface area contributed by atoms with E-state index in [1.807, 2.05) is 20.8 Å². The lowest BCUT2D eigenvalue weighted by Crippen LogP contribution is -2.38. The Morgan fingerprint density at radius 1 is 1.35 bits per heavy atom. The molecule has 0 bridgehead atoms. The van der Waals surface area contributed by atoms with Crippen molar-refractivity contribution in [3.63, 3.8) is 0 Å². The molecule has 2 N–H and O–H groups in total. The molecule has 0 saturated heterocycles. The van der Waals surface area contributed by atoms with E-state index < -0.39 is 0 Å². The topological polar surface area (TPSA) is 62.7 Å². The number of nitrogens with one attached hydrogen (secondary N) is 2. The summed E-state index contributed by atoms with van der Waals surface area (Å²) in [7, 11) is 0. The molecule has 0 spiro atoms. The van der Waals surface area contributed by atoms with Gasteiger partial charge in [0.1, 0.15) is 0 Å². The number of thiophene rings is 1. The Bertz CT molecular complexity index is 472. The number of guanidine groups is 1. The number of rotatable bonds is 9. The molecule has 1 atom stereocenters. The number of hydrogen-bond donors (Lipinski definition) is 2. The molecule has 0 aliphatic carbocycles. The summed E-state index contributed by atoms with van der Waals surface area (Å²) in [5.41, 5.74) is 0. The number of aliphatic imine (C=N–C) groups is 1. The minimum Gasteiger partial charge on any atom is -0.463 e. The van der Waals surface area contributed by atoms with Crippen molar-refractivity contribution in [2.24, 2.45) is 10.9 Å². The molecule has 0 radical (unpaired) electrons. The van der Waals surface area contributed by atoms with E-state index in [9.17, 15) is 4.79 Å². The van der Waals surface area contributed by atoms with Crippen LogP contribution in [-0.4, -0.2) is 37.7 Å². The van der Waals surface area contributed by atoms with Crippen LogP contribution >= 0.6 is 11.3 Å². The molecule has 0 aliphatic heterocycles. The fraction of sp³-hybridized carbons (Fsp3) is 0.647. The lowest BCUT2D eigenvalue weighted by molar-refractivity contribution is -0.147. The second-order valence-corrected chi connectivity index (χ2v) is 6.86. The van der Waals surface area contributed by atoms with Crippen LogP contribution in [0.1, 0.15) is 39.0 Å². The normalized spacial score (nSPS) is 13.0. The Morgan fingerprint density at radius 3 is 2.74 bits per heavy atom. The zero-order chi connectivity index (χ0) is 17.1. The summed E-state index contributed by atoms with van der Waals surface area (Å²) in [6.07, 6.45) is 1.32. The van der Waals surface area contributed by atoms with E-state index in [0.29, 0.717) is 18.9 Å². The van der Waals surface area contributed by atoms with Crippen LogP contribution in [0, 0.1) is 5.92 Å². The van der Waals surface area contributed by atoms with Crippen molar-refractivity contribution in [1.82, 2.24) is 10.6 Å². The predicted octanol–water partition coefficient (Wildman–Crippen LogP) is 2.82. The monoisotopic (exact) mass is 339 g/mol. The minimum atomic E-state index is -0.186. The average molecular weight is 340 g/mol. The summed E-state index contributed by atoms with van der Waals surface area (Å²) in [4.78, 5) is 17.5. The fourth-order valence-electron chi connectivity index (χ4n) is 2.03. The Morgan fingerprint density at radius 2 is 2.13 bits per heavy atom. The molecule has 1 heterocycles. The Hall–Kier alpha value is -1.56. The Balaban J connectivity index is 2.35. The van der Waals surface area contributed by atoms with Crippen molar-refractivity contribution in [2.75, 3.05) is 19.6 Å². The van der Waals surface area contributed by atoms with Gasteiger partial charge in [0.15, 0.2) is 5.96 Å². The molecule has 1 aromatic rings. The molecule has 130 valence electrons. The third-order valence-electron chi connectivity index (χ3n) is 3.02. The van der Waals surface area contributed by atoms with E-state index >= 15 is 0 Å². The summed E-state index contributed by atoms with van der Waals surface area (Å²) >= 11 is 1.79. The summed E-state index contributed by atoms with van der Waals surface area (Å²) in [5.74, 6) is 1.05. The first kappa shape index (κ1) is 19.5. The number of ether oxygens (including phenoxy) is 1. The maximum absolute atomic E-state index is 11.5. The second kappa shape index (κ2) is 11.0. The van der Waals surface area contributed by atoms with Crippen LogP contribution in [0.4, 0.5) is 0 Å². The molecule has 1 aromatic heterocycles. The number of esters is 1. The lowest BCUT2D eigenvalue weighted by atomic mass is 10.1. The minimum absolute atomic E-state index is 0.0671. The first-order valence-corrected chi connectivity index (χ1v) is 9.13. The van der Waals surface area contributed by atoms with Gasteiger partial charge in [-0.05, 0) is 44.6 Å². The first-order chi connectivity index (χ1) is 11.0. The van der Waals surface area contributed by atoms with Gasteiger partial charge in [-0.2, -0.15) is 0 Å².